The van der Waals surface area contributed by atoms with Crippen molar-refractivity contribution in [1.82, 2.24) is 0 Å². The summed E-state index contributed by atoms with van der Waals surface area (Å²) >= 11 is 1.69. The number of Topliss-reactive ketones (excluding diaryl/α,β-unsaturated/α-hetero) is 1. The summed E-state index contributed by atoms with van der Waals surface area (Å²) in [5, 5.41) is 0.111. The van der Waals surface area contributed by atoms with Crippen LogP contribution in [0.4, 0.5) is 0 Å². The van der Waals surface area contributed by atoms with Crippen molar-refractivity contribution >= 4 is 17.5 Å². The fraction of sp³-hybridized carbons (Fsp3) is 0.364. The van der Waals surface area contributed by atoms with Gasteiger partial charge in [-0.05, 0) is 19.4 Å². The molecule has 0 saturated heterocycles. The van der Waals surface area contributed by atoms with E-state index in [9.17, 15) is 4.79 Å². The summed E-state index contributed by atoms with van der Waals surface area (Å²) in [6, 6.07) is 10.2. The monoisotopic (exact) mass is 194 g/mol. The molecule has 1 atom stereocenters. The average molecular weight is 194 g/mol. The Labute approximate surface area is 83.5 Å². The predicted molar refractivity (Wildman–Crippen MR) is 57.9 cm³/mol. The van der Waals surface area contributed by atoms with E-state index in [1.807, 2.05) is 25.1 Å². The standard InChI is InChI=1S/C11H14OS/c1-9(12)10(2)13-8-11-6-4-3-5-7-11/h3-7,10H,8H2,1-2H3/t10-/m0/s1. The number of ketones is 1. The van der Waals surface area contributed by atoms with Crippen molar-refractivity contribution in [2.45, 2.75) is 24.9 Å². The van der Waals surface area contributed by atoms with Crippen LogP contribution in [0.3, 0.4) is 0 Å². The summed E-state index contributed by atoms with van der Waals surface area (Å²) in [5.74, 6) is 1.17. The summed E-state index contributed by atoms with van der Waals surface area (Å²) in [6.07, 6.45) is 0. The fourth-order valence-electron chi connectivity index (χ4n) is 0.913. The summed E-state index contributed by atoms with van der Waals surface area (Å²) in [7, 11) is 0. The van der Waals surface area contributed by atoms with Crippen molar-refractivity contribution < 1.29 is 4.79 Å². The third-order valence-electron chi connectivity index (χ3n) is 1.92. The zero-order valence-corrected chi connectivity index (χ0v) is 8.80. The molecule has 1 nitrogen and oxygen atoms in total. The molecule has 0 aliphatic rings. The second kappa shape index (κ2) is 5.07. The zero-order chi connectivity index (χ0) is 9.68. The Bertz CT molecular complexity index is 269. The van der Waals surface area contributed by atoms with Gasteiger partial charge in [0.1, 0.15) is 5.78 Å². The number of rotatable bonds is 4. The molecule has 2 heteroatoms. The van der Waals surface area contributed by atoms with Crippen molar-refractivity contribution in [3.8, 4) is 0 Å². The Hall–Kier alpha value is -0.760. The molecular formula is C11H14OS. The van der Waals surface area contributed by atoms with Gasteiger partial charge >= 0.3 is 0 Å². The highest BCUT2D eigenvalue weighted by Gasteiger charge is 2.07. The maximum absolute atomic E-state index is 10.9. The van der Waals surface area contributed by atoms with E-state index in [0.717, 1.165) is 5.75 Å². The molecule has 0 N–H and O–H groups in total. The Balaban J connectivity index is 2.39. The molecule has 0 aliphatic heterocycles. The highest BCUT2D eigenvalue weighted by molar-refractivity contribution is 7.99. The summed E-state index contributed by atoms with van der Waals surface area (Å²) in [5.41, 5.74) is 1.28. The Morgan fingerprint density at radius 1 is 1.38 bits per heavy atom. The molecule has 0 amide bonds. The van der Waals surface area contributed by atoms with Crippen LogP contribution in [-0.2, 0) is 10.5 Å². The second-order valence-corrected chi connectivity index (χ2v) is 4.38. The van der Waals surface area contributed by atoms with E-state index in [1.54, 1.807) is 18.7 Å². The van der Waals surface area contributed by atoms with Crippen LogP contribution >= 0.6 is 11.8 Å². The third kappa shape index (κ3) is 3.64. The quantitative estimate of drug-likeness (QED) is 0.733. The molecule has 13 heavy (non-hydrogen) atoms. The van der Waals surface area contributed by atoms with Crippen molar-refractivity contribution in [1.29, 1.82) is 0 Å². The van der Waals surface area contributed by atoms with Gasteiger partial charge in [0.15, 0.2) is 0 Å². The van der Waals surface area contributed by atoms with Crippen LogP contribution in [0.5, 0.6) is 0 Å². The number of hydrogen-bond donors (Lipinski definition) is 0. The minimum atomic E-state index is 0.111. The van der Waals surface area contributed by atoms with Gasteiger partial charge in [-0.1, -0.05) is 30.3 Å². The lowest BCUT2D eigenvalue weighted by Crippen LogP contribution is -2.08. The van der Waals surface area contributed by atoms with Gasteiger partial charge in [0.25, 0.3) is 0 Å². The second-order valence-electron chi connectivity index (χ2n) is 3.05. The smallest absolute Gasteiger partial charge is 0.142 e. The van der Waals surface area contributed by atoms with Crippen molar-refractivity contribution in [2.24, 2.45) is 0 Å². The Morgan fingerprint density at radius 2 is 2.00 bits per heavy atom. The van der Waals surface area contributed by atoms with Crippen LogP contribution in [-0.4, -0.2) is 11.0 Å². The highest BCUT2D eigenvalue weighted by atomic mass is 32.2. The number of hydrogen-bond acceptors (Lipinski definition) is 2. The van der Waals surface area contributed by atoms with E-state index >= 15 is 0 Å². The van der Waals surface area contributed by atoms with E-state index in [4.69, 9.17) is 0 Å². The average Bonchev–Trinajstić information content (AvgIpc) is 2.15. The molecule has 1 aromatic rings. The van der Waals surface area contributed by atoms with Gasteiger partial charge in [-0.25, -0.2) is 0 Å². The maximum atomic E-state index is 10.9. The lowest BCUT2D eigenvalue weighted by molar-refractivity contribution is -0.116. The van der Waals surface area contributed by atoms with Crippen molar-refractivity contribution in [2.75, 3.05) is 0 Å². The first-order valence-corrected chi connectivity index (χ1v) is 5.41. The van der Waals surface area contributed by atoms with E-state index < -0.39 is 0 Å². The molecular weight excluding hydrogens is 180 g/mol. The number of carbonyl (C=O) groups is 1. The molecule has 0 spiro atoms. The first-order chi connectivity index (χ1) is 6.20. The van der Waals surface area contributed by atoms with E-state index in [2.05, 4.69) is 12.1 Å². The first-order valence-electron chi connectivity index (χ1n) is 4.36. The van der Waals surface area contributed by atoms with Crippen LogP contribution < -0.4 is 0 Å². The molecule has 1 aromatic carbocycles. The van der Waals surface area contributed by atoms with Gasteiger partial charge in [-0.3, -0.25) is 4.79 Å². The zero-order valence-electron chi connectivity index (χ0n) is 7.99. The van der Waals surface area contributed by atoms with Crippen LogP contribution in [0, 0.1) is 0 Å². The SMILES string of the molecule is CC(=O)[C@H](C)SCc1ccccc1. The molecule has 0 aromatic heterocycles. The van der Waals surface area contributed by atoms with E-state index in [1.165, 1.54) is 5.56 Å². The molecule has 0 bridgehead atoms. The highest BCUT2D eigenvalue weighted by Crippen LogP contribution is 2.17. The molecule has 0 saturated carbocycles. The maximum Gasteiger partial charge on any atom is 0.142 e. The number of benzene rings is 1. The predicted octanol–water partition coefficient (Wildman–Crippen LogP) is 2.90. The lowest BCUT2D eigenvalue weighted by atomic mass is 10.2. The van der Waals surface area contributed by atoms with Crippen LogP contribution in [0.1, 0.15) is 19.4 Å². The van der Waals surface area contributed by atoms with Gasteiger partial charge in [0.05, 0.1) is 5.25 Å². The summed E-state index contributed by atoms with van der Waals surface area (Å²) < 4.78 is 0. The Kier molecular flexibility index (Phi) is 4.03. The molecule has 70 valence electrons. The minimum absolute atomic E-state index is 0.111. The first kappa shape index (κ1) is 10.3. The third-order valence-corrected chi connectivity index (χ3v) is 3.25. The molecule has 0 radical (unpaired) electrons. The Morgan fingerprint density at radius 3 is 2.54 bits per heavy atom. The topological polar surface area (TPSA) is 17.1 Å². The molecule has 0 unspecified atom stereocenters. The van der Waals surface area contributed by atoms with E-state index in [0.29, 0.717) is 0 Å². The van der Waals surface area contributed by atoms with Crippen LogP contribution in [0.25, 0.3) is 0 Å². The van der Waals surface area contributed by atoms with E-state index in [-0.39, 0.29) is 11.0 Å². The summed E-state index contributed by atoms with van der Waals surface area (Å²) in [6.45, 7) is 3.60. The van der Waals surface area contributed by atoms with Crippen molar-refractivity contribution in [3.05, 3.63) is 35.9 Å². The van der Waals surface area contributed by atoms with Crippen LogP contribution in [0.15, 0.2) is 30.3 Å². The van der Waals surface area contributed by atoms with Gasteiger partial charge in [0, 0.05) is 5.75 Å². The van der Waals surface area contributed by atoms with Gasteiger partial charge in [-0.2, -0.15) is 0 Å². The van der Waals surface area contributed by atoms with Gasteiger partial charge in [-0.15, -0.1) is 11.8 Å². The largest absolute Gasteiger partial charge is 0.299 e. The molecule has 0 aliphatic carbocycles. The molecule has 1 rings (SSSR count). The molecule has 0 fully saturated rings. The summed E-state index contributed by atoms with van der Waals surface area (Å²) in [4.78, 5) is 10.9. The van der Waals surface area contributed by atoms with Crippen LogP contribution in [0.2, 0.25) is 0 Å². The van der Waals surface area contributed by atoms with Gasteiger partial charge < -0.3 is 0 Å². The number of thioether (sulfide) groups is 1. The van der Waals surface area contributed by atoms with Crippen molar-refractivity contribution in [3.63, 3.8) is 0 Å². The lowest BCUT2D eigenvalue weighted by Gasteiger charge is -2.06. The minimum Gasteiger partial charge on any atom is -0.299 e. The van der Waals surface area contributed by atoms with Gasteiger partial charge in [0.2, 0.25) is 0 Å². The fourth-order valence-corrected chi connectivity index (χ4v) is 1.78. The number of carbonyl (C=O) groups excluding carboxylic acids is 1. The normalized spacial score (nSPS) is 12.5. The molecule has 0 heterocycles.